The first-order valence-electron chi connectivity index (χ1n) is 8.05. The summed E-state index contributed by atoms with van der Waals surface area (Å²) < 4.78 is 5.38. The molecule has 0 aliphatic heterocycles. The molecule has 2 aromatic rings. The first-order valence-corrected chi connectivity index (χ1v) is 9.17. The van der Waals surface area contributed by atoms with Gasteiger partial charge in [-0.05, 0) is 36.1 Å². The van der Waals surface area contributed by atoms with Crippen LogP contribution < -0.4 is 0 Å². The Bertz CT molecular complexity index is 722. The maximum absolute atomic E-state index is 12.2. The van der Waals surface area contributed by atoms with Crippen molar-refractivity contribution in [3.63, 3.8) is 0 Å². The van der Waals surface area contributed by atoms with E-state index in [9.17, 15) is 9.59 Å². The standard InChI is InChI=1S/C20H21BrO4/c1-13(19(22)23)17-9-5-16(6-10-17)12-25-20(24)14(2)18-7-3-15(11-21)4-8-18/h3-10,13-14H,11-12H2,1-2H3,(H,22,23). The Labute approximate surface area is 156 Å². The number of carboxylic acid groups (broad SMARTS) is 1. The van der Waals surface area contributed by atoms with Gasteiger partial charge in [0.05, 0.1) is 11.8 Å². The van der Waals surface area contributed by atoms with Crippen LogP contribution in [-0.2, 0) is 26.3 Å². The Morgan fingerprint density at radius 3 is 1.88 bits per heavy atom. The Kier molecular flexibility index (Phi) is 6.76. The van der Waals surface area contributed by atoms with Crippen LogP contribution in [0.2, 0.25) is 0 Å². The average Bonchev–Trinajstić information content (AvgIpc) is 2.65. The zero-order chi connectivity index (χ0) is 18.4. The minimum Gasteiger partial charge on any atom is -0.481 e. The first-order chi connectivity index (χ1) is 11.9. The number of rotatable bonds is 7. The molecule has 0 spiro atoms. The highest BCUT2D eigenvalue weighted by atomic mass is 79.9. The fourth-order valence-corrected chi connectivity index (χ4v) is 2.73. The molecule has 5 heteroatoms. The minimum absolute atomic E-state index is 0.171. The third kappa shape index (κ3) is 5.16. The second-order valence-electron chi connectivity index (χ2n) is 6.01. The van der Waals surface area contributed by atoms with Crippen LogP contribution in [-0.4, -0.2) is 17.0 Å². The lowest BCUT2D eigenvalue weighted by atomic mass is 10.00. The highest BCUT2D eigenvalue weighted by Gasteiger charge is 2.17. The smallest absolute Gasteiger partial charge is 0.313 e. The van der Waals surface area contributed by atoms with E-state index in [1.54, 1.807) is 31.2 Å². The lowest BCUT2D eigenvalue weighted by Crippen LogP contribution is -2.13. The SMILES string of the molecule is CC(C(=O)O)c1ccc(COC(=O)C(C)c2ccc(CBr)cc2)cc1. The summed E-state index contributed by atoms with van der Waals surface area (Å²) in [7, 11) is 0. The van der Waals surface area contributed by atoms with Gasteiger partial charge in [0.2, 0.25) is 0 Å². The second kappa shape index (κ2) is 8.81. The van der Waals surface area contributed by atoms with Crippen molar-refractivity contribution in [1.82, 2.24) is 0 Å². The van der Waals surface area contributed by atoms with E-state index in [4.69, 9.17) is 9.84 Å². The average molecular weight is 405 g/mol. The largest absolute Gasteiger partial charge is 0.481 e. The summed E-state index contributed by atoms with van der Waals surface area (Å²) >= 11 is 3.40. The van der Waals surface area contributed by atoms with Gasteiger partial charge in [0.15, 0.2) is 0 Å². The molecule has 132 valence electrons. The summed E-state index contributed by atoms with van der Waals surface area (Å²) in [5.41, 5.74) is 3.62. The van der Waals surface area contributed by atoms with E-state index < -0.39 is 11.9 Å². The Morgan fingerprint density at radius 2 is 1.40 bits per heavy atom. The molecule has 0 saturated heterocycles. The topological polar surface area (TPSA) is 63.6 Å². The van der Waals surface area contributed by atoms with Crippen molar-refractivity contribution in [2.45, 2.75) is 37.6 Å². The molecule has 0 radical (unpaired) electrons. The molecule has 0 heterocycles. The second-order valence-corrected chi connectivity index (χ2v) is 6.57. The third-order valence-electron chi connectivity index (χ3n) is 4.22. The molecule has 1 N–H and O–H groups in total. The third-order valence-corrected chi connectivity index (χ3v) is 4.87. The normalized spacial score (nSPS) is 13.1. The fraction of sp³-hybridized carbons (Fsp3) is 0.300. The van der Waals surface area contributed by atoms with Crippen molar-refractivity contribution in [2.75, 3.05) is 0 Å². The lowest BCUT2D eigenvalue weighted by Gasteiger charge is -2.13. The predicted octanol–water partition coefficient (Wildman–Crippen LogP) is 4.62. The molecule has 0 amide bonds. The number of hydrogen-bond donors (Lipinski definition) is 1. The quantitative estimate of drug-likeness (QED) is 0.540. The number of ether oxygens (including phenoxy) is 1. The number of esters is 1. The number of carbonyl (C=O) groups excluding carboxylic acids is 1. The lowest BCUT2D eigenvalue weighted by molar-refractivity contribution is -0.146. The van der Waals surface area contributed by atoms with E-state index in [2.05, 4.69) is 15.9 Å². The summed E-state index contributed by atoms with van der Waals surface area (Å²) in [4.78, 5) is 23.2. The van der Waals surface area contributed by atoms with Gasteiger partial charge < -0.3 is 9.84 Å². The van der Waals surface area contributed by atoms with Crippen LogP contribution in [0.4, 0.5) is 0 Å². The summed E-state index contributed by atoms with van der Waals surface area (Å²) in [6.45, 7) is 3.63. The zero-order valence-corrected chi connectivity index (χ0v) is 15.8. The molecule has 4 nitrogen and oxygen atoms in total. The van der Waals surface area contributed by atoms with Crippen LogP contribution in [0.5, 0.6) is 0 Å². The van der Waals surface area contributed by atoms with E-state index in [0.29, 0.717) is 0 Å². The molecule has 2 unspecified atom stereocenters. The molecule has 25 heavy (non-hydrogen) atoms. The number of aliphatic carboxylic acids is 1. The van der Waals surface area contributed by atoms with Crippen molar-refractivity contribution in [3.05, 3.63) is 70.8 Å². The predicted molar refractivity (Wildman–Crippen MR) is 99.8 cm³/mol. The Hall–Kier alpha value is -2.14. The molecular weight excluding hydrogens is 384 g/mol. The van der Waals surface area contributed by atoms with Gasteiger partial charge in [0.1, 0.15) is 6.61 Å². The van der Waals surface area contributed by atoms with Gasteiger partial charge in [-0.1, -0.05) is 64.5 Å². The maximum Gasteiger partial charge on any atom is 0.313 e. The molecule has 0 aromatic heterocycles. The summed E-state index contributed by atoms with van der Waals surface area (Å²) in [6.07, 6.45) is 0. The molecule has 0 fully saturated rings. The zero-order valence-electron chi connectivity index (χ0n) is 14.2. The van der Waals surface area contributed by atoms with Crippen LogP contribution in [0, 0.1) is 0 Å². The van der Waals surface area contributed by atoms with Gasteiger partial charge in [-0.3, -0.25) is 9.59 Å². The van der Waals surface area contributed by atoms with Crippen molar-refractivity contribution >= 4 is 27.9 Å². The maximum atomic E-state index is 12.2. The highest BCUT2D eigenvalue weighted by Crippen LogP contribution is 2.20. The van der Waals surface area contributed by atoms with Gasteiger partial charge in [-0.25, -0.2) is 0 Å². The van der Waals surface area contributed by atoms with Gasteiger partial charge in [-0.15, -0.1) is 0 Å². The van der Waals surface area contributed by atoms with Crippen molar-refractivity contribution in [2.24, 2.45) is 0 Å². The highest BCUT2D eigenvalue weighted by molar-refractivity contribution is 9.08. The van der Waals surface area contributed by atoms with Gasteiger partial charge in [-0.2, -0.15) is 0 Å². The van der Waals surface area contributed by atoms with E-state index in [-0.39, 0.29) is 18.5 Å². The van der Waals surface area contributed by atoms with Gasteiger partial charge in [0, 0.05) is 5.33 Å². The van der Waals surface area contributed by atoms with Crippen LogP contribution in [0.15, 0.2) is 48.5 Å². The molecule has 0 aliphatic rings. The van der Waals surface area contributed by atoms with Gasteiger partial charge in [0.25, 0.3) is 0 Å². The van der Waals surface area contributed by atoms with Crippen LogP contribution in [0.1, 0.15) is 47.9 Å². The molecule has 0 bridgehead atoms. The van der Waals surface area contributed by atoms with Crippen molar-refractivity contribution < 1.29 is 19.4 Å². The number of alkyl halides is 1. The van der Waals surface area contributed by atoms with E-state index in [0.717, 1.165) is 27.6 Å². The van der Waals surface area contributed by atoms with Crippen LogP contribution in [0.3, 0.4) is 0 Å². The Balaban J connectivity index is 1.93. The van der Waals surface area contributed by atoms with E-state index in [1.807, 2.05) is 31.2 Å². The molecular formula is C20H21BrO4. The Morgan fingerprint density at radius 1 is 0.920 bits per heavy atom. The van der Waals surface area contributed by atoms with E-state index in [1.165, 1.54) is 0 Å². The molecule has 0 aliphatic carbocycles. The van der Waals surface area contributed by atoms with Crippen LogP contribution >= 0.6 is 15.9 Å². The van der Waals surface area contributed by atoms with Crippen molar-refractivity contribution in [3.8, 4) is 0 Å². The summed E-state index contributed by atoms with van der Waals surface area (Å²) in [5.74, 6) is -2.04. The summed E-state index contributed by atoms with van der Waals surface area (Å²) in [6, 6.07) is 14.9. The number of carboxylic acids is 1. The molecule has 0 saturated carbocycles. The minimum atomic E-state index is -0.862. The monoisotopic (exact) mass is 404 g/mol. The first kappa shape index (κ1) is 19.2. The fourth-order valence-electron chi connectivity index (χ4n) is 2.36. The molecule has 2 atom stereocenters. The molecule has 2 aromatic carbocycles. The van der Waals surface area contributed by atoms with Crippen LogP contribution in [0.25, 0.3) is 0 Å². The number of hydrogen-bond acceptors (Lipinski definition) is 3. The number of benzene rings is 2. The van der Waals surface area contributed by atoms with Crippen molar-refractivity contribution in [1.29, 1.82) is 0 Å². The molecule has 2 rings (SSSR count). The van der Waals surface area contributed by atoms with Gasteiger partial charge >= 0.3 is 11.9 Å². The summed E-state index contributed by atoms with van der Waals surface area (Å²) in [5, 5.41) is 9.79. The number of carbonyl (C=O) groups is 2. The number of halogens is 1. The van der Waals surface area contributed by atoms with E-state index >= 15 is 0 Å².